The second-order valence-electron chi connectivity index (χ2n) is 6.55. The number of benzene rings is 2. The number of nitrogens with zero attached hydrogens (tertiary/aromatic N) is 4. The first kappa shape index (κ1) is 19.4. The number of ether oxygens (including phenoxy) is 1. The van der Waals surface area contributed by atoms with Crippen LogP contribution in [0.2, 0.25) is 0 Å². The first-order valence-electron chi connectivity index (χ1n) is 9.50. The van der Waals surface area contributed by atoms with E-state index in [4.69, 9.17) is 4.74 Å². The Hall–Kier alpha value is -2.97. The molecule has 0 aliphatic carbocycles. The summed E-state index contributed by atoms with van der Waals surface area (Å²) >= 11 is 1.78. The molecule has 150 valence electrons. The van der Waals surface area contributed by atoms with Gasteiger partial charge in [-0.15, -0.1) is 22.4 Å². The van der Waals surface area contributed by atoms with Crippen LogP contribution in [-0.2, 0) is 18.8 Å². The lowest BCUT2D eigenvalue weighted by Gasteiger charge is -2.19. The van der Waals surface area contributed by atoms with E-state index in [1.165, 1.54) is 5.56 Å². The van der Waals surface area contributed by atoms with E-state index in [9.17, 15) is 0 Å². The number of thioether (sulfide) groups is 1. The lowest BCUT2D eigenvalue weighted by molar-refractivity contribution is 0.287. The van der Waals surface area contributed by atoms with E-state index >= 15 is 0 Å². The molecule has 2 heterocycles. The molecular weight excluding hydrogens is 384 g/mol. The van der Waals surface area contributed by atoms with Crippen LogP contribution in [-0.4, -0.2) is 27.7 Å². The number of methoxy groups -OCH3 is 1. The number of hydrogen-bond acceptors (Lipinski definition) is 7. The summed E-state index contributed by atoms with van der Waals surface area (Å²) in [7, 11) is 1.67. The quantitative estimate of drug-likeness (QED) is 0.557. The van der Waals surface area contributed by atoms with E-state index in [1.807, 2.05) is 34.1 Å². The zero-order valence-corrected chi connectivity index (χ0v) is 17.3. The Morgan fingerprint density at radius 3 is 2.55 bits per heavy atom. The number of aryl methyl sites for hydroxylation is 1. The first-order valence-corrected chi connectivity index (χ1v) is 10.5. The van der Waals surface area contributed by atoms with Gasteiger partial charge in [-0.1, -0.05) is 42.5 Å². The monoisotopic (exact) mass is 408 g/mol. The van der Waals surface area contributed by atoms with Crippen LogP contribution in [0.15, 0.2) is 70.9 Å². The lowest BCUT2D eigenvalue weighted by atomic mass is 10.2. The Balaban J connectivity index is 1.53. The zero-order valence-electron chi connectivity index (χ0n) is 16.5. The smallest absolute Gasteiger partial charge is 0.177 e. The van der Waals surface area contributed by atoms with Crippen LogP contribution >= 0.6 is 11.8 Å². The van der Waals surface area contributed by atoms with Crippen molar-refractivity contribution < 1.29 is 4.74 Å². The summed E-state index contributed by atoms with van der Waals surface area (Å²) in [6, 6.07) is 18.5. The van der Waals surface area contributed by atoms with Gasteiger partial charge in [-0.3, -0.25) is 9.69 Å². The van der Waals surface area contributed by atoms with Crippen LogP contribution in [0, 0.1) is 0 Å². The summed E-state index contributed by atoms with van der Waals surface area (Å²) in [6.07, 6.45) is 1.89. The van der Waals surface area contributed by atoms with Gasteiger partial charge in [-0.05, 0) is 30.2 Å². The first-order chi connectivity index (χ1) is 14.3. The highest BCUT2D eigenvalue weighted by atomic mass is 32.2. The highest BCUT2D eigenvalue weighted by Crippen LogP contribution is 2.28. The molecule has 1 aliphatic rings. The number of amidine groups is 1. The topological polar surface area (TPSA) is 66.7 Å². The highest BCUT2D eigenvalue weighted by molar-refractivity contribution is 7.98. The molecule has 8 heteroatoms. The van der Waals surface area contributed by atoms with Gasteiger partial charge >= 0.3 is 0 Å². The third-order valence-corrected chi connectivity index (χ3v) is 5.83. The van der Waals surface area contributed by atoms with Crippen molar-refractivity contribution in [1.29, 1.82) is 0 Å². The summed E-state index contributed by atoms with van der Waals surface area (Å²) in [5.74, 6) is 2.56. The van der Waals surface area contributed by atoms with Crippen molar-refractivity contribution >= 4 is 17.6 Å². The molecule has 29 heavy (non-hydrogen) atoms. The minimum atomic E-state index is 0.663. The third kappa shape index (κ3) is 4.38. The Bertz CT molecular complexity index is 971. The van der Waals surface area contributed by atoms with Crippen molar-refractivity contribution in [1.82, 2.24) is 25.9 Å². The van der Waals surface area contributed by atoms with Crippen LogP contribution in [0.1, 0.15) is 23.6 Å². The van der Waals surface area contributed by atoms with Crippen molar-refractivity contribution in [2.45, 2.75) is 30.8 Å². The maximum Gasteiger partial charge on any atom is 0.177 e. The molecule has 2 aromatic carbocycles. The molecule has 0 amide bonds. The maximum absolute atomic E-state index is 5.24. The van der Waals surface area contributed by atoms with Crippen LogP contribution in [0.25, 0.3) is 0 Å². The SMILES string of the molecule is CCn1ncc(C2=NNNN2Cc2ccc(OC)cc2)c1SCc1ccccc1. The summed E-state index contributed by atoms with van der Waals surface area (Å²) in [5, 5.41) is 12.1. The number of hydrazine groups is 2. The number of aromatic nitrogens is 2. The zero-order chi connectivity index (χ0) is 20.1. The number of hydrogen-bond donors (Lipinski definition) is 2. The molecule has 4 rings (SSSR count). The predicted octanol–water partition coefficient (Wildman–Crippen LogP) is 3.39. The van der Waals surface area contributed by atoms with Crippen molar-refractivity contribution in [2.24, 2.45) is 5.10 Å². The third-order valence-electron chi connectivity index (χ3n) is 4.65. The van der Waals surface area contributed by atoms with E-state index in [2.05, 4.69) is 64.6 Å². The fourth-order valence-corrected chi connectivity index (χ4v) is 4.24. The summed E-state index contributed by atoms with van der Waals surface area (Å²) in [6.45, 7) is 3.57. The van der Waals surface area contributed by atoms with Gasteiger partial charge in [0.1, 0.15) is 10.8 Å². The molecule has 0 spiro atoms. The molecule has 0 bridgehead atoms. The fraction of sp³-hybridized carbons (Fsp3) is 0.238. The fourth-order valence-electron chi connectivity index (χ4n) is 3.12. The van der Waals surface area contributed by atoms with Gasteiger partial charge in [-0.2, -0.15) is 5.10 Å². The number of hydrazone groups is 1. The van der Waals surface area contributed by atoms with Gasteiger partial charge in [0.25, 0.3) is 0 Å². The van der Waals surface area contributed by atoms with Crippen molar-refractivity contribution in [3.8, 4) is 5.75 Å². The van der Waals surface area contributed by atoms with Gasteiger partial charge in [0.05, 0.1) is 25.4 Å². The van der Waals surface area contributed by atoms with E-state index in [-0.39, 0.29) is 0 Å². The molecule has 1 aliphatic heterocycles. The second kappa shape index (κ2) is 9.02. The van der Waals surface area contributed by atoms with E-state index in [0.717, 1.165) is 40.0 Å². The summed E-state index contributed by atoms with van der Waals surface area (Å²) < 4.78 is 7.27. The standard InChI is InChI=1S/C21H24N6OS/c1-3-26-21(29-15-17-7-5-4-6-8-17)19(13-22-26)20-23-24-25-27(20)14-16-9-11-18(28-2)12-10-16/h4-13,24-25H,3,14-15H2,1-2H3. The van der Waals surface area contributed by atoms with Crippen molar-refractivity contribution in [3.05, 3.63) is 77.5 Å². The Kier molecular flexibility index (Phi) is 6.02. The summed E-state index contributed by atoms with van der Waals surface area (Å²) in [4.78, 5) is 0. The minimum Gasteiger partial charge on any atom is -0.497 e. The van der Waals surface area contributed by atoms with Gasteiger partial charge < -0.3 is 4.74 Å². The molecular formula is C21H24N6OS. The lowest BCUT2D eigenvalue weighted by Crippen LogP contribution is -2.40. The predicted molar refractivity (Wildman–Crippen MR) is 115 cm³/mol. The molecule has 0 unspecified atom stereocenters. The van der Waals surface area contributed by atoms with Crippen LogP contribution in [0.3, 0.4) is 0 Å². The number of nitrogens with one attached hydrogen (secondary N) is 2. The Morgan fingerprint density at radius 1 is 1.03 bits per heavy atom. The van der Waals surface area contributed by atoms with Gasteiger partial charge in [0, 0.05) is 12.3 Å². The van der Waals surface area contributed by atoms with Gasteiger partial charge in [0.2, 0.25) is 0 Å². The van der Waals surface area contributed by atoms with Gasteiger partial charge in [0.15, 0.2) is 5.84 Å². The maximum atomic E-state index is 5.24. The van der Waals surface area contributed by atoms with E-state index in [1.54, 1.807) is 18.9 Å². The van der Waals surface area contributed by atoms with Crippen LogP contribution in [0.4, 0.5) is 0 Å². The average Bonchev–Trinajstić information content (AvgIpc) is 3.39. The molecule has 3 aromatic rings. The summed E-state index contributed by atoms with van der Waals surface area (Å²) in [5.41, 5.74) is 9.44. The molecule has 2 N–H and O–H groups in total. The van der Waals surface area contributed by atoms with Crippen molar-refractivity contribution in [2.75, 3.05) is 7.11 Å². The Morgan fingerprint density at radius 2 is 1.83 bits per heavy atom. The molecule has 0 radical (unpaired) electrons. The molecule has 0 fully saturated rings. The molecule has 0 saturated heterocycles. The van der Waals surface area contributed by atoms with Crippen LogP contribution in [0.5, 0.6) is 5.75 Å². The molecule has 0 atom stereocenters. The van der Waals surface area contributed by atoms with Crippen LogP contribution < -0.4 is 15.8 Å². The minimum absolute atomic E-state index is 0.663. The highest BCUT2D eigenvalue weighted by Gasteiger charge is 2.25. The Labute approximate surface area is 174 Å². The van der Waals surface area contributed by atoms with E-state index < -0.39 is 0 Å². The second-order valence-corrected chi connectivity index (χ2v) is 7.51. The molecule has 7 nitrogen and oxygen atoms in total. The largest absolute Gasteiger partial charge is 0.497 e. The van der Waals surface area contributed by atoms with Gasteiger partial charge in [-0.25, -0.2) is 5.53 Å². The average molecular weight is 409 g/mol. The van der Waals surface area contributed by atoms with Crippen molar-refractivity contribution in [3.63, 3.8) is 0 Å². The van der Waals surface area contributed by atoms with E-state index in [0.29, 0.717) is 6.54 Å². The molecule has 1 aromatic heterocycles. The molecule has 0 saturated carbocycles. The number of rotatable bonds is 8. The normalized spacial score (nSPS) is 13.3.